The number of amides is 2. The zero-order valence-electron chi connectivity index (χ0n) is 15.3. The maximum absolute atomic E-state index is 12.9. The third-order valence-corrected chi connectivity index (χ3v) is 5.42. The van der Waals surface area contributed by atoms with Crippen LogP contribution in [-0.2, 0) is 0 Å². The van der Waals surface area contributed by atoms with E-state index in [9.17, 15) is 4.79 Å². The maximum atomic E-state index is 12.9. The van der Waals surface area contributed by atoms with E-state index in [1.807, 2.05) is 29.2 Å². The van der Waals surface area contributed by atoms with Crippen LogP contribution in [0.1, 0.15) is 32.1 Å². The van der Waals surface area contributed by atoms with Crippen LogP contribution in [0.15, 0.2) is 28.8 Å². The zero-order chi connectivity index (χ0) is 18.1. The molecule has 2 atom stereocenters. The van der Waals surface area contributed by atoms with Crippen LogP contribution in [0.2, 0.25) is 0 Å². The lowest BCUT2D eigenvalue weighted by atomic mass is 10.1. The molecule has 7 nitrogen and oxygen atoms in total. The molecule has 3 heterocycles. The lowest BCUT2D eigenvalue weighted by molar-refractivity contribution is 0.0767. The highest BCUT2D eigenvalue weighted by atomic mass is 16.5. The summed E-state index contributed by atoms with van der Waals surface area (Å²) in [5.41, 5.74) is 1.57. The Morgan fingerprint density at radius 3 is 3.04 bits per heavy atom. The Balaban J connectivity index is 1.49. The first-order valence-electron chi connectivity index (χ1n) is 9.36. The van der Waals surface area contributed by atoms with E-state index in [0.717, 1.165) is 30.8 Å². The van der Waals surface area contributed by atoms with Gasteiger partial charge < -0.3 is 14.7 Å². The smallest absolute Gasteiger partial charge is 0.322 e. The number of fused-ring (bicyclic) bond motifs is 1. The van der Waals surface area contributed by atoms with Crippen molar-refractivity contribution in [2.24, 2.45) is 0 Å². The summed E-state index contributed by atoms with van der Waals surface area (Å²) < 4.78 is 5.04. The molecule has 1 N–H and O–H groups in total. The second-order valence-corrected chi connectivity index (χ2v) is 7.15. The second-order valence-electron chi connectivity index (χ2n) is 7.15. The van der Waals surface area contributed by atoms with Gasteiger partial charge in [-0.25, -0.2) is 4.79 Å². The Morgan fingerprint density at radius 2 is 2.27 bits per heavy atom. The van der Waals surface area contributed by atoms with Crippen molar-refractivity contribution < 1.29 is 9.32 Å². The van der Waals surface area contributed by atoms with E-state index in [2.05, 4.69) is 27.3 Å². The van der Waals surface area contributed by atoms with Gasteiger partial charge in [0.2, 0.25) is 11.7 Å². The summed E-state index contributed by atoms with van der Waals surface area (Å²) in [5.74, 6) is 1.05. The summed E-state index contributed by atoms with van der Waals surface area (Å²) in [4.78, 5) is 21.7. The van der Waals surface area contributed by atoms with Crippen LogP contribution in [0, 0.1) is 6.92 Å². The SMILES string of the molecule is CC[C@@H]1CN2CCC[C@@H]2CN1C(=O)Nc1cccc(-c2noc(C)n2)c1. The fourth-order valence-electron chi connectivity index (χ4n) is 4.03. The number of carbonyl (C=O) groups excluding carboxylic acids is 1. The van der Waals surface area contributed by atoms with E-state index in [4.69, 9.17) is 4.52 Å². The minimum Gasteiger partial charge on any atom is -0.339 e. The summed E-state index contributed by atoms with van der Waals surface area (Å²) in [5, 5.41) is 7.00. The Hall–Kier alpha value is -2.41. The van der Waals surface area contributed by atoms with Crippen molar-refractivity contribution in [3.05, 3.63) is 30.2 Å². The molecule has 2 saturated heterocycles. The van der Waals surface area contributed by atoms with Crippen LogP contribution in [0.3, 0.4) is 0 Å². The molecule has 1 aromatic heterocycles. The highest BCUT2D eigenvalue weighted by Gasteiger charge is 2.37. The first-order chi connectivity index (χ1) is 12.6. The zero-order valence-corrected chi connectivity index (χ0v) is 15.3. The average Bonchev–Trinajstić information content (AvgIpc) is 3.29. The van der Waals surface area contributed by atoms with Gasteiger partial charge in [0.25, 0.3) is 0 Å². The summed E-state index contributed by atoms with van der Waals surface area (Å²) in [6, 6.07) is 8.33. The normalized spacial score (nSPS) is 23.1. The molecule has 2 aliphatic heterocycles. The van der Waals surface area contributed by atoms with Gasteiger partial charge in [-0.3, -0.25) is 4.90 Å². The van der Waals surface area contributed by atoms with Crippen LogP contribution < -0.4 is 5.32 Å². The predicted molar refractivity (Wildman–Crippen MR) is 98.9 cm³/mol. The first kappa shape index (κ1) is 17.0. The molecule has 138 valence electrons. The topological polar surface area (TPSA) is 74.5 Å². The lowest BCUT2D eigenvalue weighted by Crippen LogP contribution is -2.58. The van der Waals surface area contributed by atoms with E-state index in [1.54, 1.807) is 6.92 Å². The summed E-state index contributed by atoms with van der Waals surface area (Å²) >= 11 is 0. The first-order valence-corrected chi connectivity index (χ1v) is 9.36. The maximum Gasteiger partial charge on any atom is 0.322 e. The molecule has 1 aromatic carbocycles. The van der Waals surface area contributed by atoms with Crippen molar-refractivity contribution in [3.63, 3.8) is 0 Å². The molecule has 2 aliphatic rings. The van der Waals surface area contributed by atoms with Gasteiger partial charge in [0.15, 0.2) is 0 Å². The highest BCUT2D eigenvalue weighted by molar-refractivity contribution is 5.90. The third-order valence-electron chi connectivity index (χ3n) is 5.42. The van der Waals surface area contributed by atoms with Crippen LogP contribution in [0.4, 0.5) is 10.5 Å². The molecule has 0 unspecified atom stereocenters. The Kier molecular flexibility index (Phi) is 4.63. The van der Waals surface area contributed by atoms with E-state index in [-0.39, 0.29) is 12.1 Å². The summed E-state index contributed by atoms with van der Waals surface area (Å²) in [6.07, 6.45) is 3.40. The number of nitrogens with one attached hydrogen (secondary N) is 1. The molecule has 2 aromatic rings. The van der Waals surface area contributed by atoms with Gasteiger partial charge in [0, 0.05) is 43.3 Å². The number of piperazine rings is 1. The number of nitrogens with zero attached hydrogens (tertiary/aromatic N) is 4. The van der Waals surface area contributed by atoms with Gasteiger partial charge in [-0.2, -0.15) is 4.98 Å². The standard InChI is InChI=1S/C19H25N5O2/c1-3-16-11-23-9-5-8-17(23)12-24(16)19(25)21-15-7-4-6-14(10-15)18-20-13(2)26-22-18/h4,6-7,10,16-17H,3,5,8-9,11-12H2,1-2H3,(H,21,25)/t16-,17-/m1/s1. The van der Waals surface area contributed by atoms with Crippen LogP contribution >= 0.6 is 0 Å². The van der Waals surface area contributed by atoms with Gasteiger partial charge in [-0.1, -0.05) is 24.2 Å². The molecule has 2 fully saturated rings. The Morgan fingerprint density at radius 1 is 1.38 bits per heavy atom. The second kappa shape index (κ2) is 7.07. The van der Waals surface area contributed by atoms with E-state index < -0.39 is 0 Å². The van der Waals surface area contributed by atoms with Crippen molar-refractivity contribution in [2.45, 2.75) is 45.2 Å². The quantitative estimate of drug-likeness (QED) is 0.915. The van der Waals surface area contributed by atoms with E-state index in [1.165, 1.54) is 19.4 Å². The van der Waals surface area contributed by atoms with Crippen molar-refractivity contribution in [2.75, 3.05) is 25.0 Å². The van der Waals surface area contributed by atoms with Crippen LogP contribution in [0.25, 0.3) is 11.4 Å². The highest BCUT2D eigenvalue weighted by Crippen LogP contribution is 2.27. The van der Waals surface area contributed by atoms with E-state index >= 15 is 0 Å². The van der Waals surface area contributed by atoms with Crippen molar-refractivity contribution >= 4 is 11.7 Å². The Labute approximate surface area is 153 Å². The molecule has 7 heteroatoms. The van der Waals surface area contributed by atoms with Crippen LogP contribution in [-0.4, -0.2) is 57.7 Å². The van der Waals surface area contributed by atoms with Gasteiger partial charge in [0.1, 0.15) is 0 Å². The number of aryl methyl sites for hydroxylation is 1. The average molecular weight is 355 g/mol. The van der Waals surface area contributed by atoms with Gasteiger partial charge in [0.05, 0.1) is 0 Å². The van der Waals surface area contributed by atoms with Gasteiger partial charge in [-0.15, -0.1) is 0 Å². The largest absolute Gasteiger partial charge is 0.339 e. The number of anilines is 1. The number of hydrogen-bond donors (Lipinski definition) is 1. The molecule has 0 spiro atoms. The minimum absolute atomic E-state index is 0.0233. The molecule has 0 saturated carbocycles. The van der Waals surface area contributed by atoms with Gasteiger partial charge in [-0.05, 0) is 37.9 Å². The van der Waals surface area contributed by atoms with Crippen molar-refractivity contribution in [1.82, 2.24) is 19.9 Å². The van der Waals surface area contributed by atoms with E-state index in [0.29, 0.717) is 17.8 Å². The number of aromatic nitrogens is 2. The fourth-order valence-corrected chi connectivity index (χ4v) is 4.03. The molecule has 0 aliphatic carbocycles. The molecular formula is C19H25N5O2. The minimum atomic E-state index is -0.0233. The molecule has 2 amide bonds. The molecule has 0 radical (unpaired) electrons. The summed E-state index contributed by atoms with van der Waals surface area (Å²) in [6.45, 7) is 6.88. The number of carbonyl (C=O) groups is 1. The number of urea groups is 1. The molecule has 4 rings (SSSR count). The van der Waals surface area contributed by atoms with Crippen molar-refractivity contribution in [3.8, 4) is 11.4 Å². The molecule has 0 bridgehead atoms. The third kappa shape index (κ3) is 3.31. The Bertz CT molecular complexity index is 790. The monoisotopic (exact) mass is 355 g/mol. The fraction of sp³-hybridized carbons (Fsp3) is 0.526. The summed E-state index contributed by atoms with van der Waals surface area (Å²) in [7, 11) is 0. The number of rotatable bonds is 3. The van der Waals surface area contributed by atoms with Crippen LogP contribution in [0.5, 0.6) is 0 Å². The van der Waals surface area contributed by atoms with Gasteiger partial charge >= 0.3 is 6.03 Å². The number of hydrogen-bond acceptors (Lipinski definition) is 5. The number of benzene rings is 1. The molecule has 26 heavy (non-hydrogen) atoms. The van der Waals surface area contributed by atoms with Crippen molar-refractivity contribution in [1.29, 1.82) is 0 Å². The predicted octanol–water partition coefficient (Wildman–Crippen LogP) is 3.14. The molecular weight excluding hydrogens is 330 g/mol. The lowest BCUT2D eigenvalue weighted by Gasteiger charge is -2.43.